The smallest absolute Gasteiger partial charge is 0.190 e. The highest BCUT2D eigenvalue weighted by Gasteiger charge is 2.24. The Morgan fingerprint density at radius 1 is 1.24 bits per heavy atom. The third kappa shape index (κ3) is 2.78. The Morgan fingerprint density at radius 2 is 1.95 bits per heavy atom. The minimum absolute atomic E-state index is 0.0425. The van der Waals surface area contributed by atoms with E-state index in [1.165, 1.54) is 4.90 Å². The van der Waals surface area contributed by atoms with E-state index in [-0.39, 0.29) is 18.1 Å². The van der Waals surface area contributed by atoms with Crippen molar-refractivity contribution >= 4 is 18.0 Å². The molecule has 1 aliphatic rings. The summed E-state index contributed by atoms with van der Waals surface area (Å²) in [5.74, 6) is -1.19. The predicted octanol–water partition coefficient (Wildman–Crippen LogP) is 4.05. The van der Waals surface area contributed by atoms with Gasteiger partial charge in [-0.2, -0.15) is 0 Å². The van der Waals surface area contributed by atoms with Crippen LogP contribution < -0.4 is 4.74 Å². The van der Waals surface area contributed by atoms with Crippen LogP contribution in [0.2, 0.25) is 0 Å². The van der Waals surface area contributed by atoms with Gasteiger partial charge in [0.1, 0.15) is 6.29 Å². The van der Waals surface area contributed by atoms with Crippen LogP contribution in [0.25, 0.3) is 0 Å². The van der Waals surface area contributed by atoms with E-state index in [4.69, 9.17) is 4.74 Å². The number of carbonyl (C=O) groups is 1. The van der Waals surface area contributed by atoms with Crippen LogP contribution >= 0.6 is 11.8 Å². The first-order valence-corrected chi connectivity index (χ1v) is 7.46. The highest BCUT2D eigenvalue weighted by Crippen LogP contribution is 2.39. The summed E-state index contributed by atoms with van der Waals surface area (Å²) in [5, 5.41) is 0. The number of hydrogen-bond donors (Lipinski definition) is 0. The van der Waals surface area contributed by atoms with E-state index in [0.717, 1.165) is 23.4 Å². The molecule has 0 fully saturated rings. The van der Waals surface area contributed by atoms with Gasteiger partial charge in [-0.15, -0.1) is 11.8 Å². The maximum Gasteiger partial charge on any atom is 0.190 e. The second-order valence-corrected chi connectivity index (χ2v) is 5.85. The maximum atomic E-state index is 13.7. The van der Waals surface area contributed by atoms with Crippen LogP contribution in [-0.4, -0.2) is 18.6 Å². The van der Waals surface area contributed by atoms with Gasteiger partial charge in [-0.25, -0.2) is 8.78 Å². The third-order valence-electron chi connectivity index (χ3n) is 3.38. The van der Waals surface area contributed by atoms with E-state index < -0.39 is 17.4 Å². The van der Waals surface area contributed by atoms with Crippen molar-refractivity contribution in [1.29, 1.82) is 0 Å². The average molecular weight is 306 g/mol. The van der Waals surface area contributed by atoms with Crippen LogP contribution in [-0.2, 0) is 0 Å². The lowest BCUT2D eigenvalue weighted by molar-refractivity contribution is 0.112. The molecule has 1 aliphatic heterocycles. The van der Waals surface area contributed by atoms with E-state index in [1.807, 2.05) is 24.3 Å². The Hall–Kier alpha value is -1.88. The fourth-order valence-electron chi connectivity index (χ4n) is 2.34. The predicted molar refractivity (Wildman–Crippen MR) is 77.1 cm³/mol. The highest BCUT2D eigenvalue weighted by molar-refractivity contribution is 7.99. The normalized spacial score (nSPS) is 16.6. The van der Waals surface area contributed by atoms with Gasteiger partial charge in [0.15, 0.2) is 17.4 Å². The van der Waals surface area contributed by atoms with Crippen molar-refractivity contribution in [2.24, 2.45) is 0 Å². The van der Waals surface area contributed by atoms with Crippen molar-refractivity contribution in [3.63, 3.8) is 0 Å². The van der Waals surface area contributed by atoms with Gasteiger partial charge < -0.3 is 4.74 Å². The molecule has 0 saturated carbocycles. The van der Waals surface area contributed by atoms with Gasteiger partial charge in [-0.05, 0) is 23.8 Å². The topological polar surface area (TPSA) is 26.3 Å². The second kappa shape index (κ2) is 5.85. The molecule has 0 aliphatic carbocycles. The quantitative estimate of drug-likeness (QED) is 0.797. The molecule has 0 radical (unpaired) electrons. The fraction of sp³-hybridized carbons (Fsp3) is 0.188. The molecule has 2 aromatic rings. The summed E-state index contributed by atoms with van der Waals surface area (Å²) in [4.78, 5) is 11.7. The lowest BCUT2D eigenvalue weighted by atomic mass is 10.0. The van der Waals surface area contributed by atoms with Crippen molar-refractivity contribution in [3.8, 4) is 5.75 Å². The number of fused-ring (bicyclic) bond motifs is 1. The van der Waals surface area contributed by atoms with Crippen molar-refractivity contribution in [1.82, 2.24) is 0 Å². The first-order chi connectivity index (χ1) is 10.2. The molecule has 0 N–H and O–H groups in total. The Kier molecular flexibility index (Phi) is 3.92. The van der Waals surface area contributed by atoms with Crippen LogP contribution in [0, 0.1) is 11.6 Å². The van der Waals surface area contributed by atoms with Crippen LogP contribution in [0.1, 0.15) is 21.8 Å². The molecule has 21 heavy (non-hydrogen) atoms. The van der Waals surface area contributed by atoms with E-state index in [9.17, 15) is 13.6 Å². The molecule has 0 saturated heterocycles. The van der Waals surface area contributed by atoms with Crippen molar-refractivity contribution < 1.29 is 18.3 Å². The molecule has 5 heteroatoms. The monoisotopic (exact) mass is 306 g/mol. The Balaban J connectivity index is 1.76. The zero-order valence-electron chi connectivity index (χ0n) is 11.0. The van der Waals surface area contributed by atoms with E-state index >= 15 is 0 Å². The molecule has 0 bridgehead atoms. The van der Waals surface area contributed by atoms with Crippen LogP contribution in [0.5, 0.6) is 5.75 Å². The Morgan fingerprint density at radius 3 is 2.67 bits per heavy atom. The second-order valence-electron chi connectivity index (χ2n) is 4.79. The summed E-state index contributed by atoms with van der Waals surface area (Å²) in [6, 6.07) is 9.89. The van der Waals surface area contributed by atoms with Gasteiger partial charge in [-0.1, -0.05) is 18.2 Å². The van der Waals surface area contributed by atoms with Crippen LogP contribution in [0.15, 0.2) is 41.3 Å². The average Bonchev–Trinajstić information content (AvgIpc) is 2.89. The summed E-state index contributed by atoms with van der Waals surface area (Å²) in [6.45, 7) is 0.207. The fourth-order valence-corrected chi connectivity index (χ4v) is 3.57. The molecule has 108 valence electrons. The molecule has 3 rings (SSSR count). The summed E-state index contributed by atoms with van der Waals surface area (Å²) < 4.78 is 32.8. The van der Waals surface area contributed by atoms with Crippen molar-refractivity contribution in [3.05, 3.63) is 59.2 Å². The number of ether oxygens (including phenoxy) is 1. The minimum atomic E-state index is -0.851. The Bertz CT molecular complexity index is 665. The molecule has 2 nitrogen and oxygen atoms in total. The zero-order valence-corrected chi connectivity index (χ0v) is 11.8. The Labute approximate surface area is 125 Å². The molecule has 0 spiro atoms. The van der Waals surface area contributed by atoms with Gasteiger partial charge in [0, 0.05) is 22.1 Å². The maximum absolute atomic E-state index is 13.7. The van der Waals surface area contributed by atoms with E-state index in [0.29, 0.717) is 6.29 Å². The number of halogens is 2. The molecular formula is C16H12F2O2S. The van der Waals surface area contributed by atoms with Gasteiger partial charge in [0.05, 0.1) is 6.61 Å². The molecule has 2 aromatic carbocycles. The van der Waals surface area contributed by atoms with Gasteiger partial charge in [-0.3, -0.25) is 4.79 Å². The molecule has 1 atom stereocenters. The number of hydrogen-bond acceptors (Lipinski definition) is 3. The van der Waals surface area contributed by atoms with Crippen LogP contribution in [0.4, 0.5) is 8.78 Å². The van der Waals surface area contributed by atoms with Gasteiger partial charge in [0.25, 0.3) is 0 Å². The lowest BCUT2D eigenvalue weighted by Gasteiger charge is -2.14. The first-order valence-electron chi connectivity index (χ1n) is 6.48. The lowest BCUT2D eigenvalue weighted by Crippen LogP contribution is -2.11. The van der Waals surface area contributed by atoms with Crippen molar-refractivity contribution in [2.45, 2.75) is 10.8 Å². The first kappa shape index (κ1) is 14.1. The summed E-state index contributed by atoms with van der Waals surface area (Å²) in [6.07, 6.45) is 0.403. The van der Waals surface area contributed by atoms with Crippen molar-refractivity contribution in [2.75, 3.05) is 12.4 Å². The highest BCUT2D eigenvalue weighted by atomic mass is 32.2. The molecule has 1 unspecified atom stereocenters. The number of carbonyl (C=O) groups excluding carboxylic acids is 1. The summed E-state index contributed by atoms with van der Waals surface area (Å²) in [7, 11) is 0. The zero-order chi connectivity index (χ0) is 14.8. The number of thioether (sulfide) groups is 1. The third-order valence-corrected chi connectivity index (χ3v) is 4.64. The summed E-state index contributed by atoms with van der Waals surface area (Å²) >= 11 is 1.71. The van der Waals surface area contributed by atoms with E-state index in [1.54, 1.807) is 11.8 Å². The molecule has 0 amide bonds. The molecule has 0 aromatic heterocycles. The van der Waals surface area contributed by atoms with Gasteiger partial charge >= 0.3 is 0 Å². The SMILES string of the molecule is O=Cc1cc(F)c(OCC2CSc3ccccc32)c(F)c1. The minimum Gasteiger partial charge on any atom is -0.487 e. The van der Waals surface area contributed by atoms with Gasteiger partial charge in [0.2, 0.25) is 0 Å². The molecular weight excluding hydrogens is 294 g/mol. The van der Waals surface area contributed by atoms with E-state index in [2.05, 4.69) is 0 Å². The number of rotatable bonds is 4. The number of aldehydes is 1. The standard InChI is InChI=1S/C16H12F2O2S/c17-13-5-10(7-19)6-14(18)16(13)20-8-11-9-21-15-4-2-1-3-12(11)15/h1-7,11H,8-9H2. The number of benzene rings is 2. The summed E-state index contributed by atoms with van der Waals surface area (Å²) in [5.41, 5.74) is 1.10. The van der Waals surface area contributed by atoms with Crippen LogP contribution in [0.3, 0.4) is 0 Å². The largest absolute Gasteiger partial charge is 0.487 e. The molecule has 1 heterocycles.